The zero-order chi connectivity index (χ0) is 15.2. The second-order valence-electron chi connectivity index (χ2n) is 4.95. The van der Waals surface area contributed by atoms with E-state index in [9.17, 15) is 4.79 Å². The number of carbonyl (C=O) groups is 1. The van der Waals surface area contributed by atoms with Crippen LogP contribution >= 0.6 is 23.1 Å². The summed E-state index contributed by atoms with van der Waals surface area (Å²) in [6.45, 7) is 6.79. The Morgan fingerprint density at radius 2 is 2.43 bits per heavy atom. The van der Waals surface area contributed by atoms with Gasteiger partial charge >= 0.3 is 0 Å². The number of amides is 1. The maximum absolute atomic E-state index is 11.8. The first kappa shape index (κ1) is 16.3. The number of hydrogen-bond donors (Lipinski definition) is 1. The Morgan fingerprint density at radius 3 is 3.10 bits per heavy atom. The number of thioether (sulfide) groups is 1. The molecule has 1 amide bonds. The van der Waals surface area contributed by atoms with Gasteiger partial charge in [-0.2, -0.15) is 0 Å². The fraction of sp³-hybridized carbons (Fsp3) is 0.643. The van der Waals surface area contributed by atoms with Crippen LogP contribution in [-0.2, 0) is 9.53 Å². The molecule has 2 heterocycles. The van der Waals surface area contributed by atoms with Gasteiger partial charge in [-0.05, 0) is 12.8 Å². The van der Waals surface area contributed by atoms with Gasteiger partial charge in [0.05, 0.1) is 22.7 Å². The molecule has 0 aliphatic carbocycles. The van der Waals surface area contributed by atoms with Gasteiger partial charge in [-0.25, -0.2) is 4.98 Å². The summed E-state index contributed by atoms with van der Waals surface area (Å²) >= 11 is 3.13. The molecule has 1 aliphatic heterocycles. The van der Waals surface area contributed by atoms with Gasteiger partial charge in [-0.1, -0.05) is 32.1 Å². The zero-order valence-electron chi connectivity index (χ0n) is 12.6. The third-order valence-electron chi connectivity index (χ3n) is 3.34. The van der Waals surface area contributed by atoms with E-state index >= 15 is 0 Å². The Hall–Kier alpha value is -1.08. The van der Waals surface area contributed by atoms with E-state index in [2.05, 4.69) is 22.2 Å². The van der Waals surface area contributed by atoms with E-state index in [1.807, 2.05) is 13.8 Å². The van der Waals surface area contributed by atoms with Gasteiger partial charge in [0, 0.05) is 5.92 Å². The van der Waals surface area contributed by atoms with Crippen molar-refractivity contribution in [2.75, 3.05) is 17.6 Å². The summed E-state index contributed by atoms with van der Waals surface area (Å²) in [4.78, 5) is 20.4. The van der Waals surface area contributed by atoms with Crippen LogP contribution in [0.2, 0.25) is 0 Å². The van der Waals surface area contributed by atoms with Gasteiger partial charge in [-0.3, -0.25) is 9.79 Å². The average Bonchev–Trinajstić information content (AvgIpc) is 3.13. The number of aromatic nitrogens is 1. The van der Waals surface area contributed by atoms with E-state index < -0.39 is 0 Å². The maximum Gasteiger partial charge on any atom is 0.228 e. The minimum absolute atomic E-state index is 0.0113. The SMILES string of the molecule is CCC1CN=C(CSc2cnc(NC(=O)C(C)CC)s2)O1. The molecule has 0 saturated heterocycles. The highest BCUT2D eigenvalue weighted by Gasteiger charge is 2.18. The normalized spacial score (nSPS) is 19.0. The molecule has 2 unspecified atom stereocenters. The maximum atomic E-state index is 11.8. The minimum atomic E-state index is 0.0113. The summed E-state index contributed by atoms with van der Waals surface area (Å²) in [6, 6.07) is 0. The molecule has 0 bridgehead atoms. The van der Waals surface area contributed by atoms with E-state index in [1.54, 1.807) is 18.0 Å². The fourth-order valence-electron chi connectivity index (χ4n) is 1.69. The standard InChI is InChI=1S/C14H21N3O2S2/c1-4-9(3)13(18)17-14-16-7-12(21-14)20-8-11-15-6-10(5-2)19-11/h7,9-10H,4-6,8H2,1-3H3,(H,16,17,18). The van der Waals surface area contributed by atoms with Gasteiger partial charge in [0.1, 0.15) is 6.10 Å². The molecule has 0 saturated carbocycles. The lowest BCUT2D eigenvalue weighted by Crippen LogP contribution is -2.19. The van der Waals surface area contributed by atoms with Gasteiger partial charge < -0.3 is 10.1 Å². The lowest BCUT2D eigenvalue weighted by molar-refractivity contribution is -0.119. The third-order valence-corrected chi connectivity index (χ3v) is 5.43. The van der Waals surface area contributed by atoms with Crippen LogP contribution in [0.25, 0.3) is 0 Å². The Morgan fingerprint density at radius 1 is 1.62 bits per heavy atom. The van der Waals surface area contributed by atoms with Crippen molar-refractivity contribution in [3.63, 3.8) is 0 Å². The number of hydrogen-bond acceptors (Lipinski definition) is 6. The Labute approximate surface area is 133 Å². The summed E-state index contributed by atoms with van der Waals surface area (Å²) in [7, 11) is 0. The summed E-state index contributed by atoms with van der Waals surface area (Å²) in [5.41, 5.74) is 0. The van der Waals surface area contributed by atoms with Crippen molar-refractivity contribution < 1.29 is 9.53 Å². The second kappa shape index (κ2) is 7.79. The number of rotatable bonds is 7. The summed E-state index contributed by atoms with van der Waals surface area (Å²) < 4.78 is 6.75. The molecule has 2 atom stereocenters. The first-order valence-electron chi connectivity index (χ1n) is 7.21. The largest absolute Gasteiger partial charge is 0.475 e. The molecule has 1 aromatic rings. The molecule has 1 aliphatic rings. The van der Waals surface area contributed by atoms with Crippen LogP contribution < -0.4 is 5.32 Å². The van der Waals surface area contributed by atoms with Crippen LogP contribution in [0, 0.1) is 5.92 Å². The average molecular weight is 327 g/mol. The number of carbonyl (C=O) groups excluding carboxylic acids is 1. The van der Waals surface area contributed by atoms with Gasteiger partial charge in [0.15, 0.2) is 11.0 Å². The van der Waals surface area contributed by atoms with Crippen molar-refractivity contribution >= 4 is 40.0 Å². The number of aliphatic imine (C=N–C) groups is 1. The Balaban J connectivity index is 1.80. The summed E-state index contributed by atoms with van der Waals surface area (Å²) in [5.74, 6) is 1.57. The van der Waals surface area contributed by atoms with Crippen molar-refractivity contribution in [3.8, 4) is 0 Å². The highest BCUT2D eigenvalue weighted by Crippen LogP contribution is 2.29. The molecule has 21 heavy (non-hydrogen) atoms. The fourth-order valence-corrected chi connectivity index (χ4v) is 3.45. The van der Waals surface area contributed by atoms with Crippen LogP contribution in [0.5, 0.6) is 0 Å². The molecule has 7 heteroatoms. The summed E-state index contributed by atoms with van der Waals surface area (Å²) in [5, 5.41) is 3.51. The van der Waals surface area contributed by atoms with E-state index in [0.717, 1.165) is 35.2 Å². The zero-order valence-corrected chi connectivity index (χ0v) is 14.2. The molecule has 0 aromatic carbocycles. The summed E-state index contributed by atoms with van der Waals surface area (Å²) in [6.07, 6.45) is 3.85. The highest BCUT2D eigenvalue weighted by molar-refractivity contribution is 8.01. The molecule has 116 valence electrons. The first-order valence-corrected chi connectivity index (χ1v) is 9.02. The number of nitrogens with one attached hydrogen (secondary N) is 1. The smallest absolute Gasteiger partial charge is 0.228 e. The predicted molar refractivity (Wildman–Crippen MR) is 88.4 cm³/mol. The monoisotopic (exact) mass is 327 g/mol. The number of thiazole rings is 1. The predicted octanol–water partition coefficient (Wildman–Crippen LogP) is 3.43. The van der Waals surface area contributed by atoms with E-state index in [0.29, 0.717) is 5.13 Å². The topological polar surface area (TPSA) is 63.6 Å². The lowest BCUT2D eigenvalue weighted by atomic mass is 10.1. The highest BCUT2D eigenvalue weighted by atomic mass is 32.2. The van der Waals surface area contributed by atoms with Gasteiger partial charge in [0.2, 0.25) is 5.91 Å². The van der Waals surface area contributed by atoms with Crippen LogP contribution in [0.1, 0.15) is 33.6 Å². The molecule has 5 nitrogen and oxygen atoms in total. The van der Waals surface area contributed by atoms with Crippen molar-refractivity contribution in [2.45, 2.75) is 43.9 Å². The minimum Gasteiger partial charge on any atom is -0.475 e. The van der Waals surface area contributed by atoms with Crippen LogP contribution in [0.3, 0.4) is 0 Å². The molecule has 0 fully saturated rings. The molecule has 2 rings (SSSR count). The van der Waals surface area contributed by atoms with E-state index in [-0.39, 0.29) is 17.9 Å². The first-order chi connectivity index (χ1) is 10.1. The van der Waals surface area contributed by atoms with E-state index in [4.69, 9.17) is 4.74 Å². The number of anilines is 1. The number of nitrogens with zero attached hydrogens (tertiary/aromatic N) is 2. The quantitative estimate of drug-likeness (QED) is 0.779. The van der Waals surface area contributed by atoms with Crippen LogP contribution in [-0.4, -0.2) is 35.2 Å². The van der Waals surface area contributed by atoms with Gasteiger partial charge in [0.25, 0.3) is 0 Å². The van der Waals surface area contributed by atoms with E-state index in [1.165, 1.54) is 11.3 Å². The van der Waals surface area contributed by atoms with Crippen LogP contribution in [0.15, 0.2) is 15.4 Å². The van der Waals surface area contributed by atoms with Crippen molar-refractivity contribution in [1.29, 1.82) is 0 Å². The Kier molecular flexibility index (Phi) is 6.05. The molecular formula is C14H21N3O2S2. The lowest BCUT2D eigenvalue weighted by Gasteiger charge is -2.07. The van der Waals surface area contributed by atoms with Gasteiger partial charge in [-0.15, -0.1) is 11.8 Å². The van der Waals surface area contributed by atoms with Crippen molar-refractivity contribution in [1.82, 2.24) is 4.98 Å². The molecular weight excluding hydrogens is 306 g/mol. The molecule has 0 spiro atoms. The second-order valence-corrected chi connectivity index (χ2v) is 7.26. The molecule has 0 radical (unpaired) electrons. The van der Waals surface area contributed by atoms with Crippen molar-refractivity contribution in [2.24, 2.45) is 10.9 Å². The Bertz CT molecular complexity index is 516. The third kappa shape index (κ3) is 4.71. The molecule has 1 N–H and O–H groups in total. The van der Waals surface area contributed by atoms with Crippen molar-refractivity contribution in [3.05, 3.63) is 6.20 Å². The molecule has 1 aromatic heterocycles. The van der Waals surface area contributed by atoms with Crippen LogP contribution in [0.4, 0.5) is 5.13 Å². The number of ether oxygens (including phenoxy) is 1.